The second kappa shape index (κ2) is 18.2. The number of pyridine rings is 2. The number of nitro groups is 1. The van der Waals surface area contributed by atoms with Crippen LogP contribution in [0.1, 0.15) is 113 Å². The highest BCUT2D eigenvalue weighted by Gasteiger charge is 2.51. The molecule has 17 heteroatoms. The molecule has 1 unspecified atom stereocenters. The van der Waals surface area contributed by atoms with Gasteiger partial charge >= 0.3 is 5.69 Å². The van der Waals surface area contributed by atoms with Crippen molar-refractivity contribution in [2.45, 2.75) is 114 Å². The lowest BCUT2D eigenvalue weighted by atomic mass is 9.59. The van der Waals surface area contributed by atoms with E-state index in [4.69, 9.17) is 9.47 Å². The number of ether oxygens (including phenoxy) is 2. The fourth-order valence-corrected chi connectivity index (χ4v) is 11.7. The summed E-state index contributed by atoms with van der Waals surface area (Å²) in [6, 6.07) is 19.5. The molecular weight excluding hydrogens is 861 g/mol. The Morgan fingerprint density at radius 2 is 1.79 bits per heavy atom. The van der Waals surface area contributed by atoms with Crippen LogP contribution in [-0.2, 0) is 14.8 Å². The third-order valence-corrected chi connectivity index (χ3v) is 15.9. The van der Waals surface area contributed by atoms with E-state index in [-0.39, 0.29) is 34.5 Å². The van der Waals surface area contributed by atoms with Gasteiger partial charge in [-0.25, -0.2) is 23.1 Å². The number of hydrogen-bond donors (Lipinski definition) is 4. The summed E-state index contributed by atoms with van der Waals surface area (Å²) in [5, 5.41) is 26.2. The number of fused-ring (bicyclic) bond motifs is 1. The molecule has 4 N–H and O–H groups in total. The molecule has 16 nitrogen and oxygen atoms in total. The molecule has 5 heterocycles. The predicted octanol–water partition coefficient (Wildman–Crippen LogP) is 8.46. The van der Waals surface area contributed by atoms with Crippen LogP contribution in [0.2, 0.25) is 0 Å². The Kier molecular flexibility index (Phi) is 12.6. The Balaban J connectivity index is 0.903. The van der Waals surface area contributed by atoms with E-state index in [1.54, 1.807) is 37.4 Å². The van der Waals surface area contributed by atoms with Gasteiger partial charge in [-0.05, 0) is 118 Å². The number of benzene rings is 2. The van der Waals surface area contributed by atoms with Crippen molar-refractivity contribution in [1.82, 2.24) is 24.6 Å². The number of aliphatic hydroxyl groups is 1. The number of aromatic nitrogens is 3. The Labute approximate surface area is 385 Å². The number of amides is 1. The Bertz CT molecular complexity index is 2700. The summed E-state index contributed by atoms with van der Waals surface area (Å²) in [4.78, 5) is 41.5. The number of sulfonamides is 1. The van der Waals surface area contributed by atoms with Crippen molar-refractivity contribution in [3.63, 3.8) is 0 Å². The zero-order valence-corrected chi connectivity index (χ0v) is 38.9. The lowest BCUT2D eigenvalue weighted by molar-refractivity contribution is -0.384. The minimum atomic E-state index is -4.64. The van der Waals surface area contributed by atoms with E-state index in [0.29, 0.717) is 55.4 Å². The van der Waals surface area contributed by atoms with Gasteiger partial charge in [0.2, 0.25) is 5.82 Å². The van der Waals surface area contributed by atoms with Crippen molar-refractivity contribution in [3.8, 4) is 11.5 Å². The van der Waals surface area contributed by atoms with E-state index in [9.17, 15) is 28.4 Å². The van der Waals surface area contributed by atoms with Gasteiger partial charge in [0, 0.05) is 61.1 Å². The maximum absolute atomic E-state index is 14.0. The van der Waals surface area contributed by atoms with Gasteiger partial charge in [-0.1, -0.05) is 38.1 Å². The highest BCUT2D eigenvalue weighted by atomic mass is 32.2. The molecule has 2 atom stereocenters. The second-order valence-corrected chi connectivity index (χ2v) is 21.3. The number of rotatable bonds is 13. The smallest absolute Gasteiger partial charge is 0.312 e. The number of aromatic amines is 1. The van der Waals surface area contributed by atoms with E-state index in [1.807, 2.05) is 6.07 Å². The van der Waals surface area contributed by atoms with E-state index in [1.165, 1.54) is 17.3 Å². The molecule has 1 amide bonds. The first kappa shape index (κ1) is 45.5. The van der Waals surface area contributed by atoms with Crippen LogP contribution < -0.4 is 19.7 Å². The van der Waals surface area contributed by atoms with Gasteiger partial charge in [0.1, 0.15) is 22.0 Å². The highest BCUT2D eigenvalue weighted by molar-refractivity contribution is 7.90. The molecule has 9 rings (SSSR count). The molecule has 2 aromatic carbocycles. The summed E-state index contributed by atoms with van der Waals surface area (Å²) in [5.41, 5.74) is 3.17. The first-order valence-corrected chi connectivity index (χ1v) is 24.7. The molecule has 1 spiro atoms. The fourth-order valence-electron chi connectivity index (χ4n) is 10.8. The van der Waals surface area contributed by atoms with Crippen molar-refractivity contribution < 1.29 is 32.7 Å². The largest absolute Gasteiger partial charge is 0.455 e. The van der Waals surface area contributed by atoms with Crippen LogP contribution in [0.5, 0.6) is 11.5 Å². The number of carbonyl (C=O) groups excluding carboxylic acids is 1. The van der Waals surface area contributed by atoms with Crippen LogP contribution in [0, 0.1) is 21.4 Å². The molecule has 2 aliphatic heterocycles. The topological polar surface area (TPSA) is 205 Å². The average molecular weight is 921 g/mol. The van der Waals surface area contributed by atoms with E-state index >= 15 is 0 Å². The minimum Gasteiger partial charge on any atom is -0.455 e. The van der Waals surface area contributed by atoms with Crippen molar-refractivity contribution >= 4 is 44.2 Å². The molecule has 5 aromatic rings. The van der Waals surface area contributed by atoms with Crippen molar-refractivity contribution in [2.24, 2.45) is 11.3 Å². The standard InChI is InChI=1S/C49H60N8O8S/c1-31(2)39-7-5-6-8-40(39)43-30-64-29-32(3)56(43)36-24-49(25-36)16-19-55(20-17-49)35-9-10-41(44(22-35)65-37-21-34-13-18-50-45(34)52-27-37)47(58)54-66(62,63)38-23-42(57(60)61)46(53-28-38)51-26-33-11-14-48(4,59)15-12-33/h5-10,13,18,21-23,27-28,31-33,36,43,59H,11-12,14-17,19-20,24-26,29-30H2,1-4H3,(H,50,52)(H,51,53)(H,54,58)/t32?,33?,43-,48?/m1/s1. The monoisotopic (exact) mass is 920 g/mol. The Morgan fingerprint density at radius 1 is 1.03 bits per heavy atom. The summed E-state index contributed by atoms with van der Waals surface area (Å²) >= 11 is 0. The number of nitrogens with zero attached hydrogens (tertiary/aromatic N) is 5. The van der Waals surface area contributed by atoms with Crippen LogP contribution in [0.3, 0.4) is 0 Å². The molecular formula is C49H60N8O8S. The molecule has 4 aliphatic rings. The third-order valence-electron chi connectivity index (χ3n) is 14.6. The minimum absolute atomic E-state index is 0.0489. The van der Waals surface area contributed by atoms with Gasteiger partial charge < -0.3 is 29.8 Å². The van der Waals surface area contributed by atoms with E-state index < -0.39 is 37.0 Å². The number of carbonyl (C=O) groups is 1. The fraction of sp³-hybridized carbons (Fsp3) is 0.490. The van der Waals surface area contributed by atoms with Gasteiger partial charge in [0.05, 0.1) is 47.7 Å². The Morgan fingerprint density at radius 3 is 2.53 bits per heavy atom. The molecule has 0 bridgehead atoms. The van der Waals surface area contributed by atoms with Gasteiger partial charge in [0.15, 0.2) is 0 Å². The van der Waals surface area contributed by atoms with Crippen LogP contribution in [-0.4, -0.2) is 94.7 Å². The molecule has 2 saturated carbocycles. The quantitative estimate of drug-likeness (QED) is 0.0647. The first-order valence-electron chi connectivity index (χ1n) is 23.2. The molecule has 0 radical (unpaired) electrons. The van der Waals surface area contributed by atoms with Crippen LogP contribution in [0.25, 0.3) is 11.0 Å². The van der Waals surface area contributed by atoms with E-state index in [0.717, 1.165) is 81.6 Å². The summed E-state index contributed by atoms with van der Waals surface area (Å²) < 4.78 is 42.1. The van der Waals surface area contributed by atoms with Crippen molar-refractivity contribution in [3.05, 3.63) is 106 Å². The number of anilines is 2. The number of piperidine rings is 1. The normalized spacial score (nSPS) is 23.7. The van der Waals surface area contributed by atoms with Crippen LogP contribution in [0.4, 0.5) is 17.2 Å². The molecule has 350 valence electrons. The summed E-state index contributed by atoms with van der Waals surface area (Å²) in [6.07, 6.45) is 11.3. The van der Waals surface area contributed by atoms with Crippen LogP contribution in [0.15, 0.2) is 84.1 Å². The zero-order valence-electron chi connectivity index (χ0n) is 38.0. The number of H-pyrrole nitrogens is 1. The van der Waals surface area contributed by atoms with E-state index in [2.05, 4.69) is 79.8 Å². The maximum atomic E-state index is 14.0. The zero-order chi connectivity index (χ0) is 46.4. The SMILES string of the molecule is CC(C)c1ccccc1[C@H]1COCC(C)N1C1CC2(CCN(c3ccc(C(=O)NS(=O)(=O)c4cnc(NCC5CCC(C)(O)CC5)c([N+](=O)[O-])c4)c(Oc4cnc5[nH]ccc5c4)c3)CC2)C1. The molecule has 4 fully saturated rings. The lowest BCUT2D eigenvalue weighted by Gasteiger charge is -2.59. The summed E-state index contributed by atoms with van der Waals surface area (Å²) in [5.74, 6) is 0.0101. The lowest BCUT2D eigenvalue weighted by Crippen LogP contribution is -2.60. The number of nitrogens with one attached hydrogen (secondary N) is 3. The maximum Gasteiger partial charge on any atom is 0.312 e. The van der Waals surface area contributed by atoms with Crippen molar-refractivity contribution in [2.75, 3.05) is 43.1 Å². The highest BCUT2D eigenvalue weighted by Crippen LogP contribution is 2.54. The van der Waals surface area contributed by atoms with Gasteiger partial charge in [-0.2, -0.15) is 0 Å². The molecule has 3 aromatic heterocycles. The van der Waals surface area contributed by atoms with Crippen LogP contribution >= 0.6 is 0 Å². The van der Waals surface area contributed by atoms with Crippen molar-refractivity contribution in [1.29, 1.82) is 0 Å². The van der Waals surface area contributed by atoms with Gasteiger partial charge in [-0.15, -0.1) is 0 Å². The first-order chi connectivity index (χ1) is 31.6. The van der Waals surface area contributed by atoms with Gasteiger partial charge in [-0.3, -0.25) is 19.8 Å². The number of morpholine rings is 1. The Hall–Kier alpha value is -5.62. The third kappa shape index (κ3) is 9.48. The summed E-state index contributed by atoms with van der Waals surface area (Å²) in [7, 11) is -4.64. The summed E-state index contributed by atoms with van der Waals surface area (Å²) in [6.45, 7) is 12.0. The predicted molar refractivity (Wildman–Crippen MR) is 252 cm³/mol. The second-order valence-electron chi connectivity index (χ2n) is 19.6. The molecule has 2 aliphatic carbocycles. The average Bonchev–Trinajstić information content (AvgIpc) is 3.76. The number of hydrogen-bond acceptors (Lipinski definition) is 13. The molecule has 66 heavy (non-hydrogen) atoms. The molecule has 2 saturated heterocycles. The van der Waals surface area contributed by atoms with Gasteiger partial charge in [0.25, 0.3) is 15.9 Å².